The zero-order valence-electron chi connectivity index (χ0n) is 8.84. The van der Waals surface area contributed by atoms with Crippen LogP contribution in [-0.4, -0.2) is 6.61 Å². The van der Waals surface area contributed by atoms with Crippen molar-refractivity contribution < 1.29 is 4.74 Å². The van der Waals surface area contributed by atoms with Crippen molar-refractivity contribution in [3.63, 3.8) is 0 Å². The van der Waals surface area contributed by atoms with Crippen LogP contribution in [-0.2, 0) is 0 Å². The van der Waals surface area contributed by atoms with Gasteiger partial charge >= 0.3 is 0 Å². The molecule has 1 rings (SSSR count). The molecule has 1 nitrogen and oxygen atoms in total. The number of rotatable bonds is 4. The number of aryl methyl sites for hydroxylation is 1. The molecule has 74 valence electrons. The van der Waals surface area contributed by atoms with Gasteiger partial charge in [-0.25, -0.2) is 0 Å². The minimum Gasteiger partial charge on any atom is -0.489 e. The SMILES string of the molecule is C=Cc1ccc(OCC(=C)C)c(C)c1. The van der Waals surface area contributed by atoms with Crippen molar-refractivity contribution in [3.05, 3.63) is 48.1 Å². The number of hydrogen-bond donors (Lipinski definition) is 0. The van der Waals surface area contributed by atoms with Crippen molar-refractivity contribution in [2.24, 2.45) is 0 Å². The highest BCUT2D eigenvalue weighted by Gasteiger charge is 1.99. The van der Waals surface area contributed by atoms with Gasteiger partial charge in [-0.2, -0.15) is 0 Å². The number of hydrogen-bond acceptors (Lipinski definition) is 1. The third-order valence-corrected chi connectivity index (χ3v) is 1.91. The third kappa shape index (κ3) is 2.77. The van der Waals surface area contributed by atoms with Gasteiger partial charge in [0.2, 0.25) is 0 Å². The predicted molar refractivity (Wildman–Crippen MR) is 61.6 cm³/mol. The normalized spacial score (nSPS) is 9.57. The fraction of sp³-hybridized carbons (Fsp3) is 0.231. The summed E-state index contributed by atoms with van der Waals surface area (Å²) in [5.41, 5.74) is 3.27. The minimum absolute atomic E-state index is 0.578. The van der Waals surface area contributed by atoms with Crippen LogP contribution < -0.4 is 4.74 Å². The van der Waals surface area contributed by atoms with E-state index in [0.29, 0.717) is 6.61 Å². The Hall–Kier alpha value is -1.50. The molecule has 0 aliphatic rings. The highest BCUT2D eigenvalue weighted by molar-refractivity contribution is 5.51. The van der Waals surface area contributed by atoms with Crippen LogP contribution in [0, 0.1) is 6.92 Å². The molecule has 0 fully saturated rings. The van der Waals surface area contributed by atoms with E-state index in [4.69, 9.17) is 4.74 Å². The minimum atomic E-state index is 0.578. The van der Waals surface area contributed by atoms with E-state index in [1.54, 1.807) is 0 Å². The molecule has 0 atom stereocenters. The molecule has 0 aliphatic heterocycles. The summed E-state index contributed by atoms with van der Waals surface area (Å²) in [6.07, 6.45) is 1.83. The molecule has 14 heavy (non-hydrogen) atoms. The summed E-state index contributed by atoms with van der Waals surface area (Å²) >= 11 is 0. The van der Waals surface area contributed by atoms with Crippen LogP contribution in [0.3, 0.4) is 0 Å². The lowest BCUT2D eigenvalue weighted by Crippen LogP contribution is -1.99. The molecule has 0 saturated heterocycles. The van der Waals surface area contributed by atoms with E-state index in [1.165, 1.54) is 0 Å². The van der Waals surface area contributed by atoms with Crippen molar-refractivity contribution in [3.8, 4) is 5.75 Å². The molecule has 0 aliphatic carbocycles. The molecule has 1 heteroatoms. The summed E-state index contributed by atoms with van der Waals surface area (Å²) in [6, 6.07) is 6.02. The van der Waals surface area contributed by atoms with Gasteiger partial charge in [0, 0.05) is 0 Å². The topological polar surface area (TPSA) is 9.23 Å². The Morgan fingerprint density at radius 2 is 2.21 bits per heavy atom. The maximum Gasteiger partial charge on any atom is 0.122 e. The average molecular weight is 188 g/mol. The van der Waals surface area contributed by atoms with Gasteiger partial charge < -0.3 is 4.74 Å². The van der Waals surface area contributed by atoms with Gasteiger partial charge in [0.25, 0.3) is 0 Å². The Morgan fingerprint density at radius 1 is 1.50 bits per heavy atom. The molecule has 0 radical (unpaired) electrons. The second-order valence-corrected chi connectivity index (χ2v) is 3.47. The van der Waals surface area contributed by atoms with Crippen LogP contribution in [0.1, 0.15) is 18.1 Å². The largest absolute Gasteiger partial charge is 0.489 e. The van der Waals surface area contributed by atoms with Gasteiger partial charge in [0.1, 0.15) is 12.4 Å². The lowest BCUT2D eigenvalue weighted by Gasteiger charge is -2.09. The van der Waals surface area contributed by atoms with E-state index >= 15 is 0 Å². The standard InChI is InChI=1S/C13H16O/c1-5-12-6-7-13(11(4)8-12)14-9-10(2)3/h5-8H,1-2,9H2,3-4H3. The number of ether oxygens (including phenoxy) is 1. The highest BCUT2D eigenvalue weighted by Crippen LogP contribution is 2.19. The second-order valence-electron chi connectivity index (χ2n) is 3.47. The Bertz CT molecular complexity index is 350. The summed E-state index contributed by atoms with van der Waals surface area (Å²) in [5, 5.41) is 0. The van der Waals surface area contributed by atoms with E-state index in [1.807, 2.05) is 32.1 Å². The van der Waals surface area contributed by atoms with Crippen molar-refractivity contribution >= 4 is 6.08 Å². The fourth-order valence-electron chi connectivity index (χ4n) is 1.16. The molecule has 0 bridgehead atoms. The van der Waals surface area contributed by atoms with Gasteiger partial charge in [0.05, 0.1) is 0 Å². The molecular weight excluding hydrogens is 172 g/mol. The molecule has 0 unspecified atom stereocenters. The van der Waals surface area contributed by atoms with Gasteiger partial charge in [-0.3, -0.25) is 0 Å². The maximum atomic E-state index is 5.56. The van der Waals surface area contributed by atoms with Crippen LogP contribution in [0.25, 0.3) is 6.08 Å². The molecule has 1 aromatic carbocycles. The Labute approximate surface area is 85.7 Å². The van der Waals surface area contributed by atoms with Crippen LogP contribution >= 0.6 is 0 Å². The average Bonchev–Trinajstić information content (AvgIpc) is 2.15. The molecule has 1 aromatic rings. The van der Waals surface area contributed by atoms with E-state index in [-0.39, 0.29) is 0 Å². The third-order valence-electron chi connectivity index (χ3n) is 1.91. The van der Waals surface area contributed by atoms with Crippen LogP contribution in [0.5, 0.6) is 5.75 Å². The fourth-order valence-corrected chi connectivity index (χ4v) is 1.16. The molecular formula is C13H16O. The quantitative estimate of drug-likeness (QED) is 0.656. The molecule has 0 saturated carbocycles. The highest BCUT2D eigenvalue weighted by atomic mass is 16.5. The summed E-state index contributed by atoms with van der Waals surface area (Å²) in [4.78, 5) is 0. The van der Waals surface area contributed by atoms with E-state index < -0.39 is 0 Å². The van der Waals surface area contributed by atoms with Gasteiger partial charge in [-0.15, -0.1) is 0 Å². The molecule has 0 amide bonds. The van der Waals surface area contributed by atoms with Crippen molar-refractivity contribution in [1.82, 2.24) is 0 Å². The lowest BCUT2D eigenvalue weighted by molar-refractivity contribution is 0.350. The summed E-state index contributed by atoms with van der Waals surface area (Å²) < 4.78 is 5.56. The molecule has 0 N–H and O–H groups in total. The van der Waals surface area contributed by atoms with Crippen LogP contribution in [0.15, 0.2) is 36.9 Å². The smallest absolute Gasteiger partial charge is 0.122 e. The van der Waals surface area contributed by atoms with E-state index in [9.17, 15) is 0 Å². The molecule has 0 heterocycles. The second kappa shape index (κ2) is 4.66. The van der Waals surface area contributed by atoms with E-state index in [0.717, 1.165) is 22.4 Å². The predicted octanol–water partition coefficient (Wildman–Crippen LogP) is 3.59. The van der Waals surface area contributed by atoms with E-state index in [2.05, 4.69) is 19.2 Å². The molecule has 0 spiro atoms. The lowest BCUT2D eigenvalue weighted by atomic mass is 10.1. The van der Waals surface area contributed by atoms with Gasteiger partial charge in [0.15, 0.2) is 0 Å². The van der Waals surface area contributed by atoms with Crippen molar-refractivity contribution in [2.45, 2.75) is 13.8 Å². The Morgan fingerprint density at radius 3 is 2.71 bits per heavy atom. The van der Waals surface area contributed by atoms with Crippen LogP contribution in [0.2, 0.25) is 0 Å². The van der Waals surface area contributed by atoms with Crippen molar-refractivity contribution in [2.75, 3.05) is 6.61 Å². The monoisotopic (exact) mass is 188 g/mol. The zero-order valence-corrected chi connectivity index (χ0v) is 8.84. The van der Waals surface area contributed by atoms with Crippen molar-refractivity contribution in [1.29, 1.82) is 0 Å². The molecule has 0 aromatic heterocycles. The first kappa shape index (κ1) is 10.6. The van der Waals surface area contributed by atoms with Crippen LogP contribution in [0.4, 0.5) is 0 Å². The van der Waals surface area contributed by atoms with Gasteiger partial charge in [-0.05, 0) is 42.7 Å². The summed E-state index contributed by atoms with van der Waals surface area (Å²) in [5.74, 6) is 0.915. The zero-order chi connectivity index (χ0) is 10.6. The maximum absolute atomic E-state index is 5.56. The first-order chi connectivity index (χ1) is 6.63. The first-order valence-electron chi connectivity index (χ1n) is 4.63. The number of benzene rings is 1. The summed E-state index contributed by atoms with van der Waals surface area (Å²) in [7, 11) is 0. The van der Waals surface area contributed by atoms with Gasteiger partial charge in [-0.1, -0.05) is 25.3 Å². The Balaban J connectivity index is 2.78. The first-order valence-corrected chi connectivity index (χ1v) is 4.63. The summed E-state index contributed by atoms with van der Waals surface area (Å²) in [6.45, 7) is 12.1. The Kier molecular flexibility index (Phi) is 3.52.